The van der Waals surface area contributed by atoms with Crippen molar-refractivity contribution >= 4 is 40.3 Å². The van der Waals surface area contributed by atoms with Gasteiger partial charge in [0.25, 0.3) is 5.91 Å². The molecule has 0 N–H and O–H groups in total. The number of carbonyl (C=O) groups excluding carboxylic acids is 1. The SMILES string of the molecule is CC1=NN(c2ccc(C)cc2)C(=O)[C@]12Cc1ccccc1N1CCN(c3cccc(Cl)c3)C[C@H]12. The van der Waals surface area contributed by atoms with Gasteiger partial charge in [0, 0.05) is 36.0 Å². The number of piperazine rings is 1. The minimum absolute atomic E-state index is 0.0261. The normalized spacial score (nSPS) is 23.7. The molecule has 5 nitrogen and oxygen atoms in total. The molecule has 6 rings (SSSR count). The van der Waals surface area contributed by atoms with Gasteiger partial charge in [0.05, 0.1) is 17.4 Å². The number of para-hydroxylation sites is 1. The first-order valence-electron chi connectivity index (χ1n) is 11.8. The summed E-state index contributed by atoms with van der Waals surface area (Å²) in [6.45, 7) is 6.51. The lowest BCUT2D eigenvalue weighted by molar-refractivity contribution is -0.125. The lowest BCUT2D eigenvalue weighted by Crippen LogP contribution is -2.67. The molecule has 0 unspecified atom stereocenters. The van der Waals surface area contributed by atoms with Crippen LogP contribution in [0.2, 0.25) is 5.02 Å². The predicted octanol–water partition coefficient (Wildman–Crippen LogP) is 5.31. The molecule has 1 spiro atoms. The molecule has 2 atom stereocenters. The molecule has 3 aromatic rings. The third-order valence-corrected chi connectivity index (χ3v) is 7.88. The van der Waals surface area contributed by atoms with Crippen molar-refractivity contribution in [3.05, 3.63) is 88.9 Å². The molecule has 0 bridgehead atoms. The zero-order chi connectivity index (χ0) is 23.4. The fourth-order valence-electron chi connectivity index (χ4n) is 5.84. The monoisotopic (exact) mass is 470 g/mol. The number of fused-ring (bicyclic) bond motifs is 4. The average Bonchev–Trinajstić information content (AvgIpc) is 3.10. The number of rotatable bonds is 2. The summed E-state index contributed by atoms with van der Waals surface area (Å²) < 4.78 is 0. The first-order chi connectivity index (χ1) is 16.5. The molecule has 0 aliphatic carbocycles. The van der Waals surface area contributed by atoms with Gasteiger partial charge in [-0.1, -0.05) is 53.6 Å². The quantitative estimate of drug-likeness (QED) is 0.509. The van der Waals surface area contributed by atoms with Gasteiger partial charge in [-0.05, 0) is 62.2 Å². The fraction of sp³-hybridized carbons (Fsp3) is 0.286. The largest absolute Gasteiger partial charge is 0.368 e. The first kappa shape index (κ1) is 21.2. The van der Waals surface area contributed by atoms with E-state index in [4.69, 9.17) is 16.7 Å². The average molecular weight is 471 g/mol. The molecule has 1 saturated heterocycles. The summed E-state index contributed by atoms with van der Waals surface area (Å²) in [6, 6.07) is 24.5. The summed E-state index contributed by atoms with van der Waals surface area (Å²) in [5.74, 6) is 0.0614. The summed E-state index contributed by atoms with van der Waals surface area (Å²) in [4.78, 5) is 19.1. The van der Waals surface area contributed by atoms with Crippen molar-refractivity contribution in [2.24, 2.45) is 10.5 Å². The van der Waals surface area contributed by atoms with E-state index in [1.807, 2.05) is 56.3 Å². The smallest absolute Gasteiger partial charge is 0.261 e. The summed E-state index contributed by atoms with van der Waals surface area (Å²) >= 11 is 6.32. The number of halogens is 1. The highest BCUT2D eigenvalue weighted by Gasteiger charge is 2.59. The first-order valence-corrected chi connectivity index (χ1v) is 12.2. The maximum absolute atomic E-state index is 14.3. The van der Waals surface area contributed by atoms with Gasteiger partial charge in [0.1, 0.15) is 5.41 Å². The van der Waals surface area contributed by atoms with Crippen LogP contribution in [0.1, 0.15) is 18.1 Å². The molecular formula is C28H27ClN4O. The standard InChI is InChI=1S/C28H27ClN4O/c1-19-10-12-23(13-11-19)33-27(34)28(20(2)30-33)17-21-6-3-4-9-25(21)32-15-14-31(18-26(28)32)24-8-5-7-22(29)16-24/h3-13,16,26H,14-15,17-18H2,1-2H3/t26-,28+/m0/s1. The van der Waals surface area contributed by atoms with Gasteiger partial charge in [-0.2, -0.15) is 10.1 Å². The molecular weight excluding hydrogens is 444 g/mol. The van der Waals surface area contributed by atoms with Crippen molar-refractivity contribution in [1.29, 1.82) is 0 Å². The second-order valence-electron chi connectivity index (χ2n) is 9.55. The Morgan fingerprint density at radius 3 is 2.53 bits per heavy atom. The number of hydrogen-bond acceptors (Lipinski definition) is 4. The lowest BCUT2D eigenvalue weighted by atomic mass is 9.67. The van der Waals surface area contributed by atoms with E-state index in [2.05, 4.69) is 40.1 Å². The van der Waals surface area contributed by atoms with Crippen LogP contribution in [0.25, 0.3) is 0 Å². The number of hydrazone groups is 1. The van der Waals surface area contributed by atoms with Crippen molar-refractivity contribution in [3.8, 4) is 0 Å². The van der Waals surface area contributed by atoms with Crippen molar-refractivity contribution in [3.63, 3.8) is 0 Å². The minimum Gasteiger partial charge on any atom is -0.368 e. The molecule has 3 aliphatic rings. The zero-order valence-corrected chi connectivity index (χ0v) is 20.2. The van der Waals surface area contributed by atoms with Crippen LogP contribution in [-0.4, -0.2) is 37.3 Å². The van der Waals surface area contributed by atoms with E-state index in [0.29, 0.717) is 6.42 Å². The van der Waals surface area contributed by atoms with E-state index in [9.17, 15) is 4.79 Å². The van der Waals surface area contributed by atoms with Gasteiger partial charge in [0.15, 0.2) is 0 Å². The topological polar surface area (TPSA) is 39.2 Å². The predicted molar refractivity (Wildman–Crippen MR) is 139 cm³/mol. The van der Waals surface area contributed by atoms with Crippen LogP contribution in [-0.2, 0) is 11.2 Å². The highest BCUT2D eigenvalue weighted by atomic mass is 35.5. The Morgan fingerprint density at radius 1 is 0.941 bits per heavy atom. The number of carbonyl (C=O) groups is 1. The maximum atomic E-state index is 14.3. The number of nitrogens with zero attached hydrogens (tertiary/aromatic N) is 4. The molecule has 1 fully saturated rings. The van der Waals surface area contributed by atoms with Gasteiger partial charge >= 0.3 is 0 Å². The Kier molecular flexibility index (Phi) is 4.92. The number of aryl methyl sites for hydroxylation is 1. The summed E-state index contributed by atoms with van der Waals surface area (Å²) in [7, 11) is 0. The fourth-order valence-corrected chi connectivity index (χ4v) is 6.02. The van der Waals surface area contributed by atoms with Crippen LogP contribution in [0.3, 0.4) is 0 Å². The van der Waals surface area contributed by atoms with E-state index in [1.54, 1.807) is 5.01 Å². The summed E-state index contributed by atoms with van der Waals surface area (Å²) in [6.07, 6.45) is 0.657. The van der Waals surface area contributed by atoms with Gasteiger partial charge in [-0.15, -0.1) is 0 Å². The van der Waals surface area contributed by atoms with Crippen LogP contribution < -0.4 is 14.8 Å². The summed E-state index contributed by atoms with van der Waals surface area (Å²) in [5.41, 5.74) is 5.69. The second kappa shape index (κ2) is 7.88. The Bertz CT molecular complexity index is 1300. The zero-order valence-electron chi connectivity index (χ0n) is 19.4. The molecule has 1 amide bonds. The number of benzene rings is 3. The van der Waals surface area contributed by atoms with E-state index in [-0.39, 0.29) is 11.9 Å². The van der Waals surface area contributed by atoms with E-state index in [1.165, 1.54) is 11.3 Å². The van der Waals surface area contributed by atoms with E-state index in [0.717, 1.165) is 47.3 Å². The molecule has 0 radical (unpaired) electrons. The molecule has 6 heteroatoms. The van der Waals surface area contributed by atoms with Gasteiger partial charge in [0.2, 0.25) is 0 Å². The number of amides is 1. The highest BCUT2D eigenvalue weighted by molar-refractivity contribution is 6.30. The molecule has 3 aliphatic heterocycles. The maximum Gasteiger partial charge on any atom is 0.261 e. The van der Waals surface area contributed by atoms with Gasteiger partial charge in [-0.25, -0.2) is 0 Å². The van der Waals surface area contributed by atoms with E-state index < -0.39 is 5.41 Å². The molecule has 34 heavy (non-hydrogen) atoms. The van der Waals surface area contributed by atoms with Crippen molar-refractivity contribution in [2.75, 3.05) is 34.4 Å². The molecule has 3 heterocycles. The molecule has 0 saturated carbocycles. The van der Waals surface area contributed by atoms with Crippen molar-refractivity contribution in [2.45, 2.75) is 26.3 Å². The van der Waals surface area contributed by atoms with Crippen LogP contribution >= 0.6 is 11.6 Å². The third-order valence-electron chi connectivity index (χ3n) is 7.64. The molecule has 172 valence electrons. The van der Waals surface area contributed by atoms with Gasteiger partial charge < -0.3 is 9.80 Å². The minimum atomic E-state index is -0.712. The van der Waals surface area contributed by atoms with Crippen LogP contribution in [0.4, 0.5) is 17.1 Å². The number of anilines is 3. The Hall–Kier alpha value is -3.31. The Balaban J connectivity index is 1.44. The van der Waals surface area contributed by atoms with Crippen LogP contribution in [0, 0.1) is 12.3 Å². The third kappa shape index (κ3) is 3.14. The molecule has 0 aromatic heterocycles. The second-order valence-corrected chi connectivity index (χ2v) is 9.99. The lowest BCUT2D eigenvalue weighted by Gasteiger charge is -2.53. The number of hydrogen-bond donors (Lipinski definition) is 0. The van der Waals surface area contributed by atoms with Crippen LogP contribution in [0.15, 0.2) is 77.9 Å². The van der Waals surface area contributed by atoms with Crippen molar-refractivity contribution < 1.29 is 4.79 Å². The molecule has 3 aromatic carbocycles. The Labute approximate surface area is 205 Å². The van der Waals surface area contributed by atoms with Crippen molar-refractivity contribution in [1.82, 2.24) is 0 Å². The Morgan fingerprint density at radius 2 is 1.74 bits per heavy atom. The van der Waals surface area contributed by atoms with Crippen LogP contribution in [0.5, 0.6) is 0 Å². The summed E-state index contributed by atoms with van der Waals surface area (Å²) in [5, 5.41) is 7.21. The van der Waals surface area contributed by atoms with Gasteiger partial charge in [-0.3, -0.25) is 4.79 Å². The highest BCUT2D eigenvalue weighted by Crippen LogP contribution is 2.48. The van der Waals surface area contributed by atoms with E-state index >= 15 is 0 Å².